The number of fused-ring (bicyclic) bond motifs is 1. The van der Waals surface area contributed by atoms with Crippen molar-refractivity contribution in [3.05, 3.63) is 81.7 Å². The Hall–Kier alpha value is -3.92. The number of carbonyl (C=O) groups is 2. The zero-order valence-corrected chi connectivity index (χ0v) is 23.5. The first kappa shape index (κ1) is 25.1. The molecule has 1 aliphatic carbocycles. The van der Waals surface area contributed by atoms with Crippen LogP contribution in [-0.4, -0.2) is 66.3 Å². The van der Waals surface area contributed by atoms with E-state index in [1.54, 1.807) is 11.0 Å². The molecule has 3 aliphatic rings. The Balaban J connectivity index is 1.29. The van der Waals surface area contributed by atoms with Crippen LogP contribution in [-0.2, 0) is 17.6 Å². The summed E-state index contributed by atoms with van der Waals surface area (Å²) in [5.41, 5.74) is 5.88. The highest BCUT2D eigenvalue weighted by Gasteiger charge is 2.40. The summed E-state index contributed by atoms with van der Waals surface area (Å²) in [4.78, 5) is 30.3. The van der Waals surface area contributed by atoms with Gasteiger partial charge in [0.2, 0.25) is 5.91 Å². The summed E-state index contributed by atoms with van der Waals surface area (Å²) in [6, 6.07) is 11.1. The van der Waals surface area contributed by atoms with E-state index in [0.717, 1.165) is 39.8 Å². The van der Waals surface area contributed by atoms with Crippen LogP contribution in [0.2, 0.25) is 0 Å². The van der Waals surface area contributed by atoms with Gasteiger partial charge in [0.15, 0.2) is 0 Å². The number of phenolic OH excluding ortho intramolecular Hbond substituents is 1. The van der Waals surface area contributed by atoms with Crippen molar-refractivity contribution in [3.63, 3.8) is 0 Å². The lowest BCUT2D eigenvalue weighted by Crippen LogP contribution is -2.45. The first-order chi connectivity index (χ1) is 19.4. The van der Waals surface area contributed by atoms with Crippen LogP contribution in [0.1, 0.15) is 64.1 Å². The van der Waals surface area contributed by atoms with Crippen molar-refractivity contribution in [3.8, 4) is 11.4 Å². The number of carbonyl (C=O) groups excluding carboxylic acids is 2. The average Bonchev–Trinajstić information content (AvgIpc) is 3.42. The molecule has 2 amide bonds. The average molecular weight is 602 g/mol. The number of nitrogens with one attached hydrogen (secondary N) is 1. The predicted octanol–water partition coefficient (Wildman–Crippen LogP) is 4.79. The number of aromatic hydroxyl groups is 1. The molecular formula is C30H29BrN6O3. The summed E-state index contributed by atoms with van der Waals surface area (Å²) in [6.45, 7) is 4.97. The second-order valence-electron chi connectivity index (χ2n) is 10.9. The minimum absolute atomic E-state index is 0.115. The van der Waals surface area contributed by atoms with Crippen LogP contribution in [0.25, 0.3) is 16.6 Å². The van der Waals surface area contributed by atoms with Gasteiger partial charge in [-0.15, -0.1) is 0 Å². The number of aromatic nitrogens is 4. The second kappa shape index (κ2) is 9.62. The molecule has 1 saturated carbocycles. The van der Waals surface area contributed by atoms with E-state index in [1.807, 2.05) is 33.8 Å². The van der Waals surface area contributed by atoms with Gasteiger partial charge in [0, 0.05) is 49.0 Å². The number of nitrogens with zero attached hydrogens (tertiary/aromatic N) is 5. The molecule has 0 spiro atoms. The van der Waals surface area contributed by atoms with Gasteiger partial charge in [0.05, 0.1) is 22.9 Å². The number of benzene rings is 2. The topological polar surface area (TPSA) is 107 Å². The van der Waals surface area contributed by atoms with Gasteiger partial charge in [-0.3, -0.25) is 14.7 Å². The molecule has 0 unspecified atom stereocenters. The van der Waals surface area contributed by atoms with Gasteiger partial charge in [-0.1, -0.05) is 19.1 Å². The number of amides is 2. The zero-order chi connectivity index (χ0) is 27.5. The van der Waals surface area contributed by atoms with Gasteiger partial charge < -0.3 is 14.9 Å². The molecule has 2 aromatic carbocycles. The van der Waals surface area contributed by atoms with Crippen molar-refractivity contribution in [1.82, 2.24) is 29.8 Å². The maximum atomic E-state index is 14.0. The fraction of sp³-hybridized carbons (Fsp3) is 0.333. The first-order valence-electron chi connectivity index (χ1n) is 13.7. The molecule has 1 fully saturated rings. The minimum Gasteiger partial charge on any atom is -0.506 e. The number of H-pyrrole nitrogens is 1. The molecule has 40 heavy (non-hydrogen) atoms. The molecule has 1 atom stereocenters. The van der Waals surface area contributed by atoms with E-state index < -0.39 is 0 Å². The Morgan fingerprint density at radius 1 is 1.12 bits per heavy atom. The summed E-state index contributed by atoms with van der Waals surface area (Å²) in [5, 5.41) is 24.1. The smallest absolute Gasteiger partial charge is 0.254 e. The lowest BCUT2D eigenvalue weighted by atomic mass is 9.80. The Morgan fingerprint density at radius 3 is 2.73 bits per heavy atom. The molecule has 2 aromatic heterocycles. The zero-order valence-electron chi connectivity index (χ0n) is 21.9. The summed E-state index contributed by atoms with van der Waals surface area (Å²) in [7, 11) is 0. The molecule has 10 heteroatoms. The van der Waals surface area contributed by atoms with Crippen molar-refractivity contribution in [1.29, 1.82) is 0 Å². The normalized spacial score (nSPS) is 18.8. The van der Waals surface area contributed by atoms with E-state index in [0.29, 0.717) is 55.2 Å². The van der Waals surface area contributed by atoms with Gasteiger partial charge in [-0.05, 0) is 76.7 Å². The SMILES string of the molecule is C=CC(=O)N1CCc2nn(-c3ccc(C4CCC4)cc3O)c3c2[C@H](C1)N(C(=O)c1ccc2c(Br)[nH]nc2c1)CC3. The Bertz CT molecular complexity index is 1690. The number of phenols is 1. The molecule has 0 saturated heterocycles. The quantitative estimate of drug-likeness (QED) is 0.327. The number of hydrogen-bond donors (Lipinski definition) is 2. The largest absolute Gasteiger partial charge is 0.506 e. The minimum atomic E-state index is -0.371. The monoisotopic (exact) mass is 600 g/mol. The van der Waals surface area contributed by atoms with Crippen LogP contribution in [0.3, 0.4) is 0 Å². The third kappa shape index (κ3) is 3.96. The van der Waals surface area contributed by atoms with E-state index in [1.165, 1.54) is 18.1 Å². The molecule has 204 valence electrons. The van der Waals surface area contributed by atoms with E-state index in [-0.39, 0.29) is 23.6 Å². The second-order valence-corrected chi connectivity index (χ2v) is 11.7. The molecule has 4 aromatic rings. The lowest BCUT2D eigenvalue weighted by Gasteiger charge is -2.38. The van der Waals surface area contributed by atoms with Gasteiger partial charge in [0.1, 0.15) is 16.0 Å². The van der Waals surface area contributed by atoms with Crippen LogP contribution < -0.4 is 0 Å². The highest BCUT2D eigenvalue weighted by Crippen LogP contribution is 2.41. The summed E-state index contributed by atoms with van der Waals surface area (Å²) >= 11 is 3.45. The molecule has 2 N–H and O–H groups in total. The Labute approximate surface area is 239 Å². The van der Waals surface area contributed by atoms with Crippen LogP contribution in [0.4, 0.5) is 0 Å². The molecule has 2 aliphatic heterocycles. The van der Waals surface area contributed by atoms with E-state index >= 15 is 0 Å². The summed E-state index contributed by atoms with van der Waals surface area (Å²) < 4.78 is 2.63. The fourth-order valence-corrected chi connectivity index (χ4v) is 6.78. The first-order valence-corrected chi connectivity index (χ1v) is 14.5. The molecule has 9 nitrogen and oxygen atoms in total. The predicted molar refractivity (Wildman–Crippen MR) is 154 cm³/mol. The maximum absolute atomic E-state index is 14.0. The summed E-state index contributed by atoms with van der Waals surface area (Å²) in [5.74, 6) is 0.461. The molecule has 4 heterocycles. The fourth-order valence-electron chi connectivity index (χ4n) is 6.36. The van der Waals surface area contributed by atoms with Gasteiger partial charge in [0.25, 0.3) is 5.91 Å². The van der Waals surface area contributed by atoms with Crippen molar-refractivity contribution in [2.45, 2.75) is 44.1 Å². The molecule has 7 rings (SSSR count). The highest BCUT2D eigenvalue weighted by atomic mass is 79.9. The van der Waals surface area contributed by atoms with Crippen molar-refractivity contribution in [2.24, 2.45) is 0 Å². The number of halogens is 1. The summed E-state index contributed by atoms with van der Waals surface area (Å²) in [6.07, 6.45) is 6.02. The number of rotatable bonds is 4. The molecule has 0 bridgehead atoms. The van der Waals surface area contributed by atoms with Gasteiger partial charge in [-0.2, -0.15) is 10.2 Å². The highest BCUT2D eigenvalue weighted by molar-refractivity contribution is 9.10. The number of aromatic amines is 1. The van der Waals surface area contributed by atoms with Crippen LogP contribution in [0.5, 0.6) is 5.75 Å². The van der Waals surface area contributed by atoms with E-state index in [4.69, 9.17) is 5.10 Å². The van der Waals surface area contributed by atoms with Crippen molar-refractivity contribution in [2.75, 3.05) is 19.6 Å². The van der Waals surface area contributed by atoms with E-state index in [2.05, 4.69) is 38.8 Å². The maximum Gasteiger partial charge on any atom is 0.254 e. The van der Waals surface area contributed by atoms with Gasteiger partial charge >= 0.3 is 0 Å². The van der Waals surface area contributed by atoms with Crippen molar-refractivity contribution < 1.29 is 14.7 Å². The van der Waals surface area contributed by atoms with Gasteiger partial charge in [-0.25, -0.2) is 4.68 Å². The lowest BCUT2D eigenvalue weighted by molar-refractivity contribution is -0.126. The standard InChI is InChI=1S/C30H29BrN6O3/c1-2-27(39)35-12-10-21-28-24(37(34-21)23-9-7-18(15-26(23)38)17-4-3-5-17)11-13-36(25(28)16-35)30(40)19-6-8-20-22(14-19)32-33-29(20)31/h2,6-9,14-15,17,25,38H,1,3-5,10-13,16H2,(H,32,33)/t25-/m0/s1. The van der Waals surface area contributed by atoms with Crippen LogP contribution in [0.15, 0.2) is 53.7 Å². The van der Waals surface area contributed by atoms with Crippen LogP contribution in [0, 0.1) is 0 Å². The third-order valence-corrected chi connectivity index (χ3v) is 9.32. The Morgan fingerprint density at radius 2 is 1.98 bits per heavy atom. The van der Waals surface area contributed by atoms with Crippen LogP contribution >= 0.6 is 15.9 Å². The molecule has 0 radical (unpaired) electrons. The molecular weight excluding hydrogens is 572 g/mol. The Kier molecular flexibility index (Phi) is 6.03. The third-order valence-electron chi connectivity index (χ3n) is 8.72. The number of hydrogen-bond acceptors (Lipinski definition) is 5. The van der Waals surface area contributed by atoms with E-state index in [9.17, 15) is 14.7 Å². The van der Waals surface area contributed by atoms with Crippen molar-refractivity contribution >= 4 is 38.6 Å².